The van der Waals surface area contributed by atoms with Crippen molar-refractivity contribution in [2.45, 2.75) is 0 Å². The Morgan fingerprint density at radius 2 is 1.35 bits per heavy atom. The molecule has 0 saturated heterocycles. The first-order chi connectivity index (χ1) is 9.86. The molecule has 0 N–H and O–H groups in total. The third-order valence-corrected chi connectivity index (χ3v) is 4.35. The minimum atomic E-state index is 0.706. The van der Waals surface area contributed by atoms with E-state index >= 15 is 0 Å². The lowest BCUT2D eigenvalue weighted by atomic mass is 9.98. The molecule has 0 saturated carbocycles. The van der Waals surface area contributed by atoms with Crippen LogP contribution in [0.5, 0.6) is 5.75 Å². The van der Waals surface area contributed by atoms with E-state index < -0.39 is 0 Å². The SMILES string of the molecule is [SiH3]Oc1cccc2ccc3cc4ccccc4cc3c12. The molecule has 0 unspecified atom stereocenters. The van der Waals surface area contributed by atoms with Crippen molar-refractivity contribution in [1.82, 2.24) is 0 Å². The van der Waals surface area contributed by atoms with Gasteiger partial charge in [-0.15, -0.1) is 0 Å². The summed E-state index contributed by atoms with van der Waals surface area (Å²) in [6, 6.07) is 23.7. The van der Waals surface area contributed by atoms with Crippen LogP contribution >= 0.6 is 0 Å². The molecule has 0 fully saturated rings. The fraction of sp³-hybridized carbons (Fsp3) is 0. The average molecular weight is 274 g/mol. The zero-order chi connectivity index (χ0) is 13.5. The van der Waals surface area contributed by atoms with Crippen molar-refractivity contribution in [2.75, 3.05) is 0 Å². The summed E-state index contributed by atoms with van der Waals surface area (Å²) in [6.45, 7) is 0. The fourth-order valence-corrected chi connectivity index (χ4v) is 3.28. The Hall–Kier alpha value is -2.32. The van der Waals surface area contributed by atoms with Crippen LogP contribution in [0.4, 0.5) is 0 Å². The first-order valence-electron chi connectivity index (χ1n) is 6.75. The molecule has 4 rings (SSSR count). The molecule has 20 heavy (non-hydrogen) atoms. The molecule has 0 amide bonds. The first-order valence-corrected chi connectivity index (χ1v) is 7.57. The van der Waals surface area contributed by atoms with Crippen LogP contribution in [0.2, 0.25) is 0 Å². The molecule has 0 aliphatic rings. The van der Waals surface area contributed by atoms with Gasteiger partial charge in [0.05, 0.1) is 0 Å². The van der Waals surface area contributed by atoms with Gasteiger partial charge >= 0.3 is 0 Å². The van der Waals surface area contributed by atoms with Gasteiger partial charge in [-0.2, -0.15) is 0 Å². The van der Waals surface area contributed by atoms with Crippen molar-refractivity contribution in [3.05, 3.63) is 66.7 Å². The molecule has 0 radical (unpaired) electrons. The van der Waals surface area contributed by atoms with Gasteiger partial charge in [-0.1, -0.05) is 48.5 Å². The number of hydrogen-bond donors (Lipinski definition) is 0. The zero-order valence-corrected chi connectivity index (χ0v) is 13.3. The lowest BCUT2D eigenvalue weighted by molar-refractivity contribution is 0.624. The highest BCUT2D eigenvalue weighted by atomic mass is 28.2. The Morgan fingerprint density at radius 1 is 0.650 bits per heavy atom. The molecule has 0 aliphatic carbocycles. The Bertz CT molecular complexity index is 944. The molecule has 0 atom stereocenters. The van der Waals surface area contributed by atoms with Crippen LogP contribution < -0.4 is 4.43 Å². The van der Waals surface area contributed by atoms with Crippen molar-refractivity contribution < 1.29 is 4.43 Å². The zero-order valence-electron chi connectivity index (χ0n) is 11.3. The average Bonchev–Trinajstić information content (AvgIpc) is 2.52. The lowest BCUT2D eigenvalue weighted by Gasteiger charge is -2.10. The lowest BCUT2D eigenvalue weighted by Crippen LogP contribution is -1.88. The maximum Gasteiger partial charge on any atom is 0.204 e. The third kappa shape index (κ3) is 1.62. The van der Waals surface area contributed by atoms with E-state index in [-0.39, 0.29) is 0 Å². The number of rotatable bonds is 1. The Morgan fingerprint density at radius 3 is 2.15 bits per heavy atom. The molecule has 2 heteroatoms. The third-order valence-electron chi connectivity index (χ3n) is 3.91. The molecule has 0 heterocycles. The van der Waals surface area contributed by atoms with Gasteiger partial charge in [-0.05, 0) is 45.1 Å². The Kier molecular flexibility index (Phi) is 2.50. The summed E-state index contributed by atoms with van der Waals surface area (Å²) >= 11 is 0. The highest BCUT2D eigenvalue weighted by molar-refractivity contribution is 6.15. The van der Waals surface area contributed by atoms with Crippen LogP contribution in [0.1, 0.15) is 0 Å². The minimum Gasteiger partial charge on any atom is -0.553 e. The summed E-state index contributed by atoms with van der Waals surface area (Å²) < 4.78 is 5.69. The van der Waals surface area contributed by atoms with Gasteiger partial charge in [0.2, 0.25) is 10.5 Å². The topological polar surface area (TPSA) is 9.23 Å². The van der Waals surface area contributed by atoms with E-state index in [4.69, 9.17) is 4.43 Å². The largest absolute Gasteiger partial charge is 0.553 e. The van der Waals surface area contributed by atoms with Crippen LogP contribution in [0, 0.1) is 0 Å². The van der Waals surface area contributed by atoms with E-state index in [2.05, 4.69) is 66.7 Å². The first kappa shape index (κ1) is 11.5. The minimum absolute atomic E-state index is 0.706. The van der Waals surface area contributed by atoms with Crippen molar-refractivity contribution >= 4 is 42.8 Å². The van der Waals surface area contributed by atoms with E-state index in [1.54, 1.807) is 0 Å². The van der Waals surface area contributed by atoms with Gasteiger partial charge in [-0.25, -0.2) is 0 Å². The van der Waals surface area contributed by atoms with E-state index in [1.165, 1.54) is 32.3 Å². The maximum absolute atomic E-state index is 5.69. The fourth-order valence-electron chi connectivity index (χ4n) is 2.94. The van der Waals surface area contributed by atoms with Gasteiger partial charge in [0.1, 0.15) is 5.75 Å². The molecule has 0 bridgehead atoms. The van der Waals surface area contributed by atoms with Gasteiger partial charge < -0.3 is 4.43 Å². The summed E-state index contributed by atoms with van der Waals surface area (Å²) in [5.74, 6) is 0.995. The number of fused-ring (bicyclic) bond motifs is 4. The second-order valence-corrected chi connectivity index (χ2v) is 5.45. The highest BCUT2D eigenvalue weighted by Crippen LogP contribution is 2.34. The monoisotopic (exact) mass is 274 g/mol. The maximum atomic E-state index is 5.69. The van der Waals surface area contributed by atoms with Crippen LogP contribution in [0.25, 0.3) is 32.3 Å². The molecular weight excluding hydrogens is 260 g/mol. The molecule has 1 nitrogen and oxygen atoms in total. The van der Waals surface area contributed by atoms with Gasteiger partial charge in [0, 0.05) is 5.39 Å². The highest BCUT2D eigenvalue weighted by Gasteiger charge is 2.06. The number of hydrogen-bond acceptors (Lipinski definition) is 1. The van der Waals surface area contributed by atoms with Crippen molar-refractivity contribution in [3.63, 3.8) is 0 Å². The molecule has 96 valence electrons. The van der Waals surface area contributed by atoms with Gasteiger partial charge in [0.15, 0.2) is 0 Å². The van der Waals surface area contributed by atoms with E-state index in [9.17, 15) is 0 Å². The van der Waals surface area contributed by atoms with E-state index in [0.29, 0.717) is 10.5 Å². The van der Waals surface area contributed by atoms with Gasteiger partial charge in [0.25, 0.3) is 0 Å². The summed E-state index contributed by atoms with van der Waals surface area (Å²) in [4.78, 5) is 0. The second kappa shape index (κ2) is 4.36. The summed E-state index contributed by atoms with van der Waals surface area (Å²) in [7, 11) is 0.706. The van der Waals surface area contributed by atoms with Gasteiger partial charge in [-0.3, -0.25) is 0 Å². The normalized spacial score (nSPS) is 11.4. The van der Waals surface area contributed by atoms with Crippen LogP contribution in [-0.2, 0) is 0 Å². The Balaban J connectivity index is 2.25. The summed E-state index contributed by atoms with van der Waals surface area (Å²) in [5, 5.41) is 7.56. The van der Waals surface area contributed by atoms with Crippen LogP contribution in [-0.4, -0.2) is 10.5 Å². The summed E-state index contributed by atoms with van der Waals surface area (Å²) in [5.41, 5.74) is 0. The molecule has 0 aromatic heterocycles. The quantitative estimate of drug-likeness (QED) is 0.291. The van der Waals surface area contributed by atoms with E-state index in [1.807, 2.05) is 0 Å². The second-order valence-electron chi connectivity index (χ2n) is 5.04. The Labute approximate surface area is 120 Å². The predicted octanol–water partition coefficient (Wildman–Crippen LogP) is 3.81. The molecular formula is C18H14OSi. The predicted molar refractivity (Wildman–Crippen MR) is 89.5 cm³/mol. The van der Waals surface area contributed by atoms with Crippen molar-refractivity contribution in [3.8, 4) is 5.75 Å². The molecule has 4 aromatic rings. The number of benzene rings is 4. The molecule has 0 spiro atoms. The van der Waals surface area contributed by atoms with Crippen molar-refractivity contribution in [2.24, 2.45) is 0 Å². The van der Waals surface area contributed by atoms with Crippen LogP contribution in [0.3, 0.4) is 0 Å². The molecule has 4 aromatic carbocycles. The van der Waals surface area contributed by atoms with Crippen molar-refractivity contribution in [1.29, 1.82) is 0 Å². The smallest absolute Gasteiger partial charge is 0.204 e. The summed E-state index contributed by atoms with van der Waals surface area (Å²) in [6.07, 6.45) is 0. The molecule has 0 aliphatic heterocycles. The standard InChI is InChI=1S/C18H14OSi/c20-19-17-7-3-6-12-8-9-15-10-13-4-1-2-5-14(13)11-16(15)18(12)17/h1-11H,20H3. The van der Waals surface area contributed by atoms with E-state index in [0.717, 1.165) is 5.75 Å². The van der Waals surface area contributed by atoms with Crippen LogP contribution in [0.15, 0.2) is 66.7 Å².